The number of hydrogen-bond acceptors (Lipinski definition) is 3. The van der Waals surface area contributed by atoms with Crippen LogP contribution < -0.4 is 0 Å². The maximum absolute atomic E-state index is 14.5. The van der Waals surface area contributed by atoms with Crippen LogP contribution in [0.1, 0.15) is 16.2 Å². The van der Waals surface area contributed by atoms with Gasteiger partial charge in [-0.25, -0.2) is 13.8 Å². The van der Waals surface area contributed by atoms with E-state index in [1.165, 1.54) is 30.3 Å². The van der Waals surface area contributed by atoms with E-state index in [9.17, 15) is 18.8 Å². The average Bonchev–Trinajstić information content (AvgIpc) is 3.10. The van der Waals surface area contributed by atoms with Gasteiger partial charge in [0, 0.05) is 36.8 Å². The van der Waals surface area contributed by atoms with Crippen molar-refractivity contribution in [3.8, 4) is 28.5 Å². The molecule has 1 amide bonds. The highest BCUT2D eigenvalue weighted by molar-refractivity contribution is 5.92. The van der Waals surface area contributed by atoms with E-state index in [4.69, 9.17) is 0 Å². The average molecular weight is 364 g/mol. The summed E-state index contributed by atoms with van der Waals surface area (Å²) in [6, 6.07) is 10.2. The predicted molar refractivity (Wildman–Crippen MR) is 94.7 cm³/mol. The number of fused-ring (bicyclic) bond motifs is 1. The molecule has 1 aliphatic heterocycles. The van der Waals surface area contributed by atoms with Crippen LogP contribution in [-0.4, -0.2) is 34.0 Å². The van der Waals surface area contributed by atoms with Gasteiger partial charge in [0.05, 0.1) is 23.5 Å². The van der Waals surface area contributed by atoms with Crippen molar-refractivity contribution in [2.45, 2.75) is 6.54 Å². The summed E-state index contributed by atoms with van der Waals surface area (Å²) in [5, 5.41) is 9.27. The first-order valence-electron chi connectivity index (χ1n) is 8.31. The predicted octanol–water partition coefficient (Wildman–Crippen LogP) is 3.45. The molecule has 0 radical (unpaired) electrons. The first-order valence-corrected chi connectivity index (χ1v) is 8.31. The van der Waals surface area contributed by atoms with Crippen molar-refractivity contribution >= 4 is 5.91 Å². The van der Waals surface area contributed by atoms with Gasteiger partial charge in [0.25, 0.3) is 5.91 Å². The Bertz CT molecular complexity index is 1110. The highest BCUT2D eigenvalue weighted by Gasteiger charge is 2.26. The third-order valence-corrected chi connectivity index (χ3v) is 4.72. The summed E-state index contributed by atoms with van der Waals surface area (Å²) in [6.45, 7) is 1.10. The van der Waals surface area contributed by atoms with Gasteiger partial charge in [-0.3, -0.25) is 4.79 Å². The lowest BCUT2D eigenvalue weighted by molar-refractivity contribution is 0.0742. The molecule has 0 fully saturated rings. The number of nitriles is 1. The van der Waals surface area contributed by atoms with Gasteiger partial charge in [-0.2, -0.15) is 5.26 Å². The molecule has 27 heavy (non-hydrogen) atoms. The molecular formula is C20H14F2N4O. The molecule has 2 aromatic carbocycles. The normalized spacial score (nSPS) is 13.4. The zero-order valence-electron chi connectivity index (χ0n) is 14.4. The number of imidazole rings is 1. The number of amides is 1. The summed E-state index contributed by atoms with van der Waals surface area (Å²) in [6.07, 6.45) is 1.55. The minimum Gasteiger partial charge on any atom is -0.337 e. The molecule has 3 aromatic rings. The van der Waals surface area contributed by atoms with Gasteiger partial charge in [0.2, 0.25) is 0 Å². The van der Waals surface area contributed by atoms with E-state index in [-0.39, 0.29) is 22.6 Å². The van der Waals surface area contributed by atoms with E-state index in [0.29, 0.717) is 30.2 Å². The van der Waals surface area contributed by atoms with E-state index < -0.39 is 11.6 Å². The van der Waals surface area contributed by atoms with Gasteiger partial charge in [0.15, 0.2) is 5.82 Å². The molecule has 0 saturated heterocycles. The Morgan fingerprint density at radius 3 is 2.74 bits per heavy atom. The second-order valence-corrected chi connectivity index (χ2v) is 6.31. The zero-order chi connectivity index (χ0) is 19.1. The van der Waals surface area contributed by atoms with Crippen LogP contribution in [0.4, 0.5) is 8.78 Å². The SMILES string of the molecule is CN1CCn2c(-c3ccc(F)c(-c4c(F)cccc4C#N)c3)cnc2C1=O. The molecule has 134 valence electrons. The maximum atomic E-state index is 14.5. The Morgan fingerprint density at radius 1 is 1.15 bits per heavy atom. The zero-order valence-corrected chi connectivity index (χ0v) is 14.4. The van der Waals surface area contributed by atoms with Crippen LogP contribution in [0, 0.1) is 23.0 Å². The number of rotatable bonds is 2. The minimum atomic E-state index is -0.669. The molecule has 4 rings (SSSR count). The van der Waals surface area contributed by atoms with Gasteiger partial charge in [-0.05, 0) is 30.3 Å². The van der Waals surface area contributed by atoms with Gasteiger partial charge in [-0.1, -0.05) is 6.07 Å². The smallest absolute Gasteiger partial charge is 0.289 e. The summed E-state index contributed by atoms with van der Waals surface area (Å²) >= 11 is 0. The van der Waals surface area contributed by atoms with Crippen LogP contribution in [0.15, 0.2) is 42.6 Å². The number of halogens is 2. The second-order valence-electron chi connectivity index (χ2n) is 6.31. The molecule has 0 N–H and O–H groups in total. The number of nitrogens with zero attached hydrogens (tertiary/aromatic N) is 4. The summed E-state index contributed by atoms with van der Waals surface area (Å²) in [4.78, 5) is 18.0. The van der Waals surface area contributed by atoms with Crippen molar-refractivity contribution in [2.75, 3.05) is 13.6 Å². The van der Waals surface area contributed by atoms with Gasteiger partial charge in [-0.15, -0.1) is 0 Å². The molecule has 7 heteroatoms. The minimum absolute atomic E-state index is 0.00282. The Balaban J connectivity index is 1.88. The molecule has 1 aliphatic rings. The molecule has 5 nitrogen and oxygen atoms in total. The van der Waals surface area contributed by atoms with Crippen molar-refractivity contribution in [1.29, 1.82) is 5.26 Å². The number of carbonyl (C=O) groups is 1. The second kappa shape index (κ2) is 6.32. The summed E-state index contributed by atoms with van der Waals surface area (Å²) < 4.78 is 30.6. The van der Waals surface area contributed by atoms with Crippen LogP contribution in [0.25, 0.3) is 22.4 Å². The molecule has 0 atom stereocenters. The summed E-state index contributed by atoms with van der Waals surface area (Å²) in [7, 11) is 1.71. The molecule has 0 unspecified atom stereocenters. The van der Waals surface area contributed by atoms with Crippen molar-refractivity contribution in [1.82, 2.24) is 14.5 Å². The van der Waals surface area contributed by atoms with Gasteiger partial charge >= 0.3 is 0 Å². The third-order valence-electron chi connectivity index (χ3n) is 4.72. The fraction of sp³-hybridized carbons (Fsp3) is 0.150. The van der Waals surface area contributed by atoms with Crippen molar-refractivity contribution in [3.63, 3.8) is 0 Å². The van der Waals surface area contributed by atoms with E-state index in [1.54, 1.807) is 28.8 Å². The topological polar surface area (TPSA) is 61.9 Å². The molecule has 0 bridgehead atoms. The lowest BCUT2D eigenvalue weighted by Crippen LogP contribution is -2.37. The molecule has 2 heterocycles. The Labute approximate surface area is 154 Å². The lowest BCUT2D eigenvalue weighted by atomic mass is 9.96. The molecule has 0 spiro atoms. The fourth-order valence-electron chi connectivity index (χ4n) is 3.29. The van der Waals surface area contributed by atoms with Crippen molar-refractivity contribution in [3.05, 3.63) is 65.6 Å². The Hall–Kier alpha value is -3.53. The monoisotopic (exact) mass is 364 g/mol. The van der Waals surface area contributed by atoms with E-state index in [0.717, 1.165) is 0 Å². The van der Waals surface area contributed by atoms with E-state index >= 15 is 0 Å². The molecule has 0 aliphatic carbocycles. The first kappa shape index (κ1) is 16.9. The lowest BCUT2D eigenvalue weighted by Gasteiger charge is -2.24. The molecule has 0 saturated carbocycles. The number of aromatic nitrogens is 2. The number of likely N-dealkylation sites (N-methyl/N-ethyl adjacent to an activating group) is 1. The highest BCUT2D eigenvalue weighted by Crippen LogP contribution is 2.33. The molecular weight excluding hydrogens is 350 g/mol. The molecule has 1 aromatic heterocycles. The number of carbonyl (C=O) groups excluding carboxylic acids is 1. The largest absolute Gasteiger partial charge is 0.337 e. The Morgan fingerprint density at radius 2 is 1.96 bits per heavy atom. The van der Waals surface area contributed by atoms with Crippen molar-refractivity contribution < 1.29 is 13.6 Å². The van der Waals surface area contributed by atoms with Crippen LogP contribution in [0.3, 0.4) is 0 Å². The number of hydrogen-bond donors (Lipinski definition) is 0. The Kier molecular flexibility index (Phi) is 3.96. The summed E-state index contributed by atoms with van der Waals surface area (Å²) in [5.41, 5.74) is 1.21. The van der Waals surface area contributed by atoms with E-state index in [1.807, 2.05) is 6.07 Å². The third kappa shape index (κ3) is 2.66. The maximum Gasteiger partial charge on any atom is 0.289 e. The standard InChI is InChI=1S/C20H14F2N4O/c1-25-7-8-26-17(11-24-19(26)20(25)27)12-5-6-15(21)14(9-12)18-13(10-23)3-2-4-16(18)22/h2-6,9,11H,7-8H2,1H3. The number of benzene rings is 2. The quantitative estimate of drug-likeness (QED) is 0.700. The summed E-state index contributed by atoms with van der Waals surface area (Å²) in [5.74, 6) is -1.17. The van der Waals surface area contributed by atoms with Crippen LogP contribution in [-0.2, 0) is 6.54 Å². The van der Waals surface area contributed by atoms with Crippen LogP contribution >= 0.6 is 0 Å². The first-order chi connectivity index (χ1) is 13.0. The van der Waals surface area contributed by atoms with Crippen LogP contribution in [0.2, 0.25) is 0 Å². The van der Waals surface area contributed by atoms with E-state index in [2.05, 4.69) is 4.98 Å². The van der Waals surface area contributed by atoms with Crippen molar-refractivity contribution in [2.24, 2.45) is 0 Å². The van der Waals surface area contributed by atoms with Crippen LogP contribution in [0.5, 0.6) is 0 Å². The fourth-order valence-corrected chi connectivity index (χ4v) is 3.29. The van der Waals surface area contributed by atoms with Gasteiger partial charge in [0.1, 0.15) is 11.6 Å². The van der Waals surface area contributed by atoms with Gasteiger partial charge < -0.3 is 9.47 Å². The highest BCUT2D eigenvalue weighted by atomic mass is 19.1.